The van der Waals surface area contributed by atoms with Gasteiger partial charge < -0.3 is 14.6 Å². The number of aromatic hydroxyl groups is 1. The normalized spacial score (nSPS) is 22.5. The van der Waals surface area contributed by atoms with Crippen molar-refractivity contribution >= 4 is 22.9 Å². The van der Waals surface area contributed by atoms with Crippen molar-refractivity contribution in [2.24, 2.45) is 0 Å². The molecule has 1 saturated heterocycles. The van der Waals surface area contributed by atoms with Crippen LogP contribution in [0.2, 0.25) is 0 Å². The maximum Gasteiger partial charge on any atom is 0.294 e. The lowest BCUT2D eigenvalue weighted by Gasteiger charge is -2.37. The van der Waals surface area contributed by atoms with Crippen LogP contribution < -0.4 is 14.8 Å². The van der Waals surface area contributed by atoms with Crippen LogP contribution in [0.5, 0.6) is 17.2 Å². The summed E-state index contributed by atoms with van der Waals surface area (Å²) in [5.74, 6) is -3.05. The van der Waals surface area contributed by atoms with E-state index in [2.05, 4.69) is 0 Å². The number of imide groups is 1. The first kappa shape index (κ1) is 23.4. The van der Waals surface area contributed by atoms with E-state index < -0.39 is 27.9 Å². The van der Waals surface area contributed by atoms with Crippen LogP contribution in [-0.4, -0.2) is 33.7 Å². The first-order valence-electron chi connectivity index (χ1n) is 10.6. The molecule has 176 valence electrons. The molecule has 9 heteroatoms. The molecule has 1 fully saturated rings. The summed E-state index contributed by atoms with van der Waals surface area (Å²) in [7, 11) is 0. The molecule has 0 radical (unpaired) electrons. The minimum Gasteiger partial charge on any atom is -0.507 e. The van der Waals surface area contributed by atoms with Crippen LogP contribution in [0.1, 0.15) is 41.2 Å². The largest absolute Gasteiger partial charge is 0.507 e. The molecular formula is C24H25F2NO5S. The molecule has 33 heavy (non-hydrogen) atoms. The molecule has 2 atom stereocenters. The van der Waals surface area contributed by atoms with Gasteiger partial charge in [-0.2, -0.15) is 8.78 Å². The highest BCUT2D eigenvalue weighted by Gasteiger charge is 2.51. The van der Waals surface area contributed by atoms with Crippen LogP contribution >= 0.6 is 11.8 Å². The van der Waals surface area contributed by atoms with Gasteiger partial charge in [0.1, 0.15) is 29.5 Å². The number of thioether (sulfide) groups is 1. The standard InChI is InChI=1S/C24H25F2NO5S/c1-12-13(2)19-17(14(3)18(12)28)9-10-23(4,32-19)11-31-16-7-5-15(6-8-16)24(25,26)20-21(29)27-22(30)33-20/h5-8,20,28H,9-11H2,1-4H3,(H,27,29,30). The Bertz CT molecular complexity index is 1130. The number of alkyl halides is 2. The highest BCUT2D eigenvalue weighted by atomic mass is 32.2. The Kier molecular flexibility index (Phi) is 5.80. The number of hydrogen-bond acceptors (Lipinski definition) is 6. The highest BCUT2D eigenvalue weighted by molar-refractivity contribution is 8.15. The molecule has 0 spiro atoms. The summed E-state index contributed by atoms with van der Waals surface area (Å²) >= 11 is 0.293. The number of benzene rings is 2. The van der Waals surface area contributed by atoms with Crippen LogP contribution in [0.25, 0.3) is 0 Å². The number of halogens is 2. The van der Waals surface area contributed by atoms with Gasteiger partial charge in [-0.1, -0.05) is 0 Å². The first-order chi connectivity index (χ1) is 15.4. The zero-order valence-corrected chi connectivity index (χ0v) is 19.6. The smallest absolute Gasteiger partial charge is 0.294 e. The Hall–Kier alpha value is -2.81. The van der Waals surface area contributed by atoms with Crippen LogP contribution in [0.4, 0.5) is 13.6 Å². The van der Waals surface area contributed by atoms with Gasteiger partial charge in [0, 0.05) is 11.1 Å². The van der Waals surface area contributed by atoms with Crippen molar-refractivity contribution < 1.29 is 33.0 Å². The van der Waals surface area contributed by atoms with Crippen molar-refractivity contribution in [1.29, 1.82) is 0 Å². The third kappa shape index (κ3) is 4.14. The van der Waals surface area contributed by atoms with Gasteiger partial charge in [0.15, 0.2) is 5.25 Å². The van der Waals surface area contributed by atoms with Crippen molar-refractivity contribution in [3.8, 4) is 17.2 Å². The molecule has 2 aromatic carbocycles. The molecule has 2 aromatic rings. The highest BCUT2D eigenvalue weighted by Crippen LogP contribution is 2.44. The average molecular weight is 478 g/mol. The van der Waals surface area contributed by atoms with Crippen LogP contribution in [0.3, 0.4) is 0 Å². The number of rotatable bonds is 5. The average Bonchev–Trinajstić information content (AvgIpc) is 3.14. The number of amides is 2. The van der Waals surface area contributed by atoms with Crippen LogP contribution in [0, 0.1) is 20.8 Å². The zero-order valence-electron chi connectivity index (χ0n) is 18.8. The molecule has 0 aromatic heterocycles. The molecule has 0 bridgehead atoms. The second kappa shape index (κ2) is 8.20. The Labute approximate surface area is 194 Å². The van der Waals surface area contributed by atoms with E-state index in [4.69, 9.17) is 9.47 Å². The third-order valence-electron chi connectivity index (χ3n) is 6.39. The van der Waals surface area contributed by atoms with Gasteiger partial charge in [-0.05, 0) is 93.3 Å². The number of phenols is 1. The van der Waals surface area contributed by atoms with Crippen molar-refractivity contribution in [3.63, 3.8) is 0 Å². The van der Waals surface area contributed by atoms with Crippen molar-refractivity contribution in [2.45, 2.75) is 57.3 Å². The number of hydrogen-bond donors (Lipinski definition) is 2. The molecule has 0 aliphatic carbocycles. The fourth-order valence-electron chi connectivity index (χ4n) is 4.15. The number of carbonyl (C=O) groups excluding carboxylic acids is 2. The van der Waals surface area contributed by atoms with Crippen LogP contribution in [0.15, 0.2) is 24.3 Å². The quantitative estimate of drug-likeness (QED) is 0.636. The minimum absolute atomic E-state index is 0.204. The lowest BCUT2D eigenvalue weighted by Crippen LogP contribution is -2.42. The van der Waals surface area contributed by atoms with Crippen molar-refractivity contribution in [2.75, 3.05) is 6.61 Å². The Morgan fingerprint density at radius 2 is 1.85 bits per heavy atom. The van der Waals surface area contributed by atoms with Gasteiger partial charge in [0.05, 0.1) is 0 Å². The van der Waals surface area contributed by atoms with Gasteiger partial charge in [-0.15, -0.1) is 0 Å². The summed E-state index contributed by atoms with van der Waals surface area (Å²) in [5.41, 5.74) is 2.49. The maximum atomic E-state index is 14.7. The Balaban J connectivity index is 1.46. The summed E-state index contributed by atoms with van der Waals surface area (Å²) in [5, 5.41) is 9.65. The molecule has 2 heterocycles. The van der Waals surface area contributed by atoms with E-state index in [1.165, 1.54) is 24.3 Å². The number of carbonyl (C=O) groups is 2. The van der Waals surface area contributed by atoms with Crippen LogP contribution in [-0.2, 0) is 17.1 Å². The Morgan fingerprint density at radius 3 is 2.45 bits per heavy atom. The fourth-order valence-corrected chi connectivity index (χ4v) is 4.98. The third-order valence-corrected chi connectivity index (χ3v) is 7.46. The summed E-state index contributed by atoms with van der Waals surface area (Å²) in [6.07, 6.45) is 1.39. The molecule has 2 aliphatic rings. The summed E-state index contributed by atoms with van der Waals surface area (Å²) in [6, 6.07) is 5.23. The predicted octanol–water partition coefficient (Wildman–Crippen LogP) is 4.92. The molecule has 2 aliphatic heterocycles. The summed E-state index contributed by atoms with van der Waals surface area (Å²) < 4.78 is 41.6. The molecule has 6 nitrogen and oxygen atoms in total. The van der Waals surface area contributed by atoms with Gasteiger partial charge in [0.2, 0.25) is 5.91 Å². The van der Waals surface area contributed by atoms with E-state index in [0.29, 0.717) is 29.7 Å². The molecular weight excluding hydrogens is 452 g/mol. The topological polar surface area (TPSA) is 84.9 Å². The van der Waals surface area contributed by atoms with E-state index in [1.54, 1.807) is 0 Å². The lowest BCUT2D eigenvalue weighted by atomic mass is 9.87. The van der Waals surface area contributed by atoms with Gasteiger partial charge in [-0.3, -0.25) is 14.9 Å². The number of nitrogens with one attached hydrogen (secondary N) is 1. The number of phenolic OH excluding ortho intramolecular Hbond substituents is 1. The fraction of sp³-hybridized carbons (Fsp3) is 0.417. The second-order valence-corrected chi connectivity index (χ2v) is 9.87. The number of fused-ring (bicyclic) bond motifs is 1. The second-order valence-electron chi connectivity index (χ2n) is 8.79. The predicted molar refractivity (Wildman–Crippen MR) is 120 cm³/mol. The minimum atomic E-state index is -3.50. The van der Waals surface area contributed by atoms with E-state index >= 15 is 0 Å². The van der Waals surface area contributed by atoms with E-state index in [0.717, 1.165) is 34.4 Å². The summed E-state index contributed by atoms with van der Waals surface area (Å²) in [6.45, 7) is 7.78. The maximum absolute atomic E-state index is 14.7. The lowest BCUT2D eigenvalue weighted by molar-refractivity contribution is -0.125. The zero-order chi connectivity index (χ0) is 24.1. The number of ether oxygens (including phenoxy) is 2. The van der Waals surface area contributed by atoms with E-state index in [9.17, 15) is 23.5 Å². The van der Waals surface area contributed by atoms with Crippen molar-refractivity contribution in [3.05, 3.63) is 52.1 Å². The molecule has 2 amide bonds. The molecule has 2 unspecified atom stereocenters. The Morgan fingerprint density at radius 1 is 1.18 bits per heavy atom. The van der Waals surface area contributed by atoms with Gasteiger partial charge in [-0.25, -0.2) is 0 Å². The molecule has 4 rings (SSSR count). The first-order valence-corrected chi connectivity index (χ1v) is 11.4. The van der Waals surface area contributed by atoms with Crippen molar-refractivity contribution in [1.82, 2.24) is 5.32 Å². The molecule has 2 N–H and O–H groups in total. The summed E-state index contributed by atoms with van der Waals surface area (Å²) in [4.78, 5) is 22.9. The molecule has 0 saturated carbocycles. The monoisotopic (exact) mass is 477 g/mol. The van der Waals surface area contributed by atoms with Gasteiger partial charge in [0.25, 0.3) is 11.2 Å². The van der Waals surface area contributed by atoms with Gasteiger partial charge >= 0.3 is 0 Å². The SMILES string of the molecule is Cc1c(C)c2c(c(C)c1O)CCC(C)(COc1ccc(C(F)(F)C3SC(=O)NC3=O)cc1)O2. The van der Waals surface area contributed by atoms with E-state index in [-0.39, 0.29) is 12.2 Å². The van der Waals surface area contributed by atoms with E-state index in [1.807, 2.05) is 33.0 Å².